The van der Waals surface area contributed by atoms with Crippen molar-refractivity contribution in [2.45, 2.75) is 6.54 Å². The number of hydrogen-bond acceptors (Lipinski definition) is 6. The zero-order valence-corrected chi connectivity index (χ0v) is 13.5. The lowest BCUT2D eigenvalue weighted by molar-refractivity contribution is -0.116. The van der Waals surface area contributed by atoms with Gasteiger partial charge in [0.1, 0.15) is 6.54 Å². The Balaban J connectivity index is 1.54. The molecule has 8 nitrogen and oxygen atoms in total. The van der Waals surface area contributed by atoms with Gasteiger partial charge >= 0.3 is 0 Å². The minimum atomic E-state index is -0.341. The van der Waals surface area contributed by atoms with Gasteiger partial charge < -0.3 is 9.73 Å². The largest absolute Gasteiger partial charge is 0.423 e. The number of rotatable bonds is 4. The summed E-state index contributed by atoms with van der Waals surface area (Å²) in [6, 6.07) is 14.0. The van der Waals surface area contributed by atoms with Crippen LogP contribution in [-0.2, 0) is 11.3 Å². The van der Waals surface area contributed by atoms with Crippen LogP contribution in [0.5, 0.6) is 0 Å². The molecular weight excluding hydrogens is 334 g/mol. The van der Waals surface area contributed by atoms with Crippen LogP contribution in [0.1, 0.15) is 0 Å². The molecule has 1 N–H and O–H groups in total. The molecule has 2 aromatic carbocycles. The van der Waals surface area contributed by atoms with Crippen molar-refractivity contribution in [3.8, 4) is 11.5 Å². The second kappa shape index (κ2) is 6.60. The molecule has 26 heavy (non-hydrogen) atoms. The molecule has 0 aliphatic heterocycles. The molecule has 4 rings (SSSR count). The topological polar surface area (TPSA) is 103 Å². The van der Waals surface area contributed by atoms with Gasteiger partial charge in [-0.3, -0.25) is 14.2 Å². The van der Waals surface area contributed by atoms with Gasteiger partial charge in [-0.1, -0.05) is 18.2 Å². The summed E-state index contributed by atoms with van der Waals surface area (Å²) in [5, 5.41) is 10.7. The second-order valence-corrected chi connectivity index (χ2v) is 5.57. The molecule has 0 saturated heterocycles. The Morgan fingerprint density at radius 1 is 1.15 bits per heavy atom. The van der Waals surface area contributed by atoms with E-state index in [2.05, 4.69) is 20.5 Å². The van der Waals surface area contributed by atoms with Crippen LogP contribution in [0.4, 0.5) is 5.69 Å². The third kappa shape index (κ3) is 3.07. The Bertz CT molecular complexity index is 1130. The zero-order chi connectivity index (χ0) is 17.9. The number of carbonyl (C=O) groups is 1. The third-order valence-electron chi connectivity index (χ3n) is 3.80. The summed E-state index contributed by atoms with van der Waals surface area (Å²) >= 11 is 0. The Morgan fingerprint density at radius 2 is 2.04 bits per heavy atom. The average Bonchev–Trinajstić information content (AvgIpc) is 3.19. The number of para-hydroxylation sites is 1. The predicted molar refractivity (Wildman–Crippen MR) is 94.4 cm³/mol. The van der Waals surface area contributed by atoms with E-state index < -0.39 is 0 Å². The fraction of sp³-hybridized carbons (Fsp3) is 0.0556. The van der Waals surface area contributed by atoms with Crippen molar-refractivity contribution < 1.29 is 9.21 Å². The van der Waals surface area contributed by atoms with Crippen LogP contribution >= 0.6 is 0 Å². The summed E-state index contributed by atoms with van der Waals surface area (Å²) in [5.74, 6) is 0.0166. The standard InChI is InChI=1S/C18H13N5O3/c24-16(9-23-10-19-15-7-2-1-6-14(15)18(23)25)21-13-5-3-4-12(8-13)17-22-20-11-26-17/h1-8,10-11H,9H2,(H,21,24). The van der Waals surface area contributed by atoms with Crippen molar-refractivity contribution >= 4 is 22.5 Å². The van der Waals surface area contributed by atoms with Gasteiger partial charge in [-0.2, -0.15) is 0 Å². The summed E-state index contributed by atoms with van der Waals surface area (Å²) in [6.07, 6.45) is 2.61. The number of benzene rings is 2. The Morgan fingerprint density at radius 3 is 2.88 bits per heavy atom. The van der Waals surface area contributed by atoms with E-state index in [1.807, 2.05) is 6.07 Å². The average molecular weight is 347 g/mol. The molecule has 128 valence electrons. The van der Waals surface area contributed by atoms with Crippen LogP contribution < -0.4 is 10.9 Å². The number of aromatic nitrogens is 4. The van der Waals surface area contributed by atoms with Gasteiger partial charge in [-0.25, -0.2) is 4.98 Å². The molecule has 0 spiro atoms. The zero-order valence-electron chi connectivity index (χ0n) is 13.5. The Labute approximate surface area is 147 Å². The molecule has 0 aliphatic carbocycles. The quantitative estimate of drug-likeness (QED) is 0.606. The summed E-state index contributed by atoms with van der Waals surface area (Å²) in [4.78, 5) is 29.0. The van der Waals surface area contributed by atoms with Crippen LogP contribution in [0.2, 0.25) is 0 Å². The fourth-order valence-electron chi connectivity index (χ4n) is 2.60. The maximum Gasteiger partial charge on any atom is 0.261 e. The van der Waals surface area contributed by atoms with E-state index in [1.165, 1.54) is 17.3 Å². The Hall–Kier alpha value is -3.81. The van der Waals surface area contributed by atoms with Crippen molar-refractivity contribution in [3.05, 3.63) is 71.6 Å². The van der Waals surface area contributed by atoms with Crippen LogP contribution in [0, 0.1) is 0 Å². The molecule has 0 unspecified atom stereocenters. The van der Waals surface area contributed by atoms with Crippen molar-refractivity contribution in [2.24, 2.45) is 0 Å². The van der Waals surface area contributed by atoms with Gasteiger partial charge in [0.2, 0.25) is 18.2 Å². The lowest BCUT2D eigenvalue weighted by Crippen LogP contribution is -2.27. The predicted octanol–water partition coefficient (Wildman–Crippen LogP) is 2.09. The van der Waals surface area contributed by atoms with Crippen molar-refractivity contribution in [1.29, 1.82) is 0 Å². The molecule has 0 saturated carbocycles. The fourth-order valence-corrected chi connectivity index (χ4v) is 2.60. The summed E-state index contributed by atoms with van der Waals surface area (Å²) < 4.78 is 6.42. The lowest BCUT2D eigenvalue weighted by atomic mass is 10.2. The van der Waals surface area contributed by atoms with Crippen LogP contribution in [0.15, 0.2) is 70.5 Å². The van der Waals surface area contributed by atoms with E-state index in [1.54, 1.807) is 42.5 Å². The molecule has 2 aromatic heterocycles. The molecule has 0 atom stereocenters. The molecule has 0 radical (unpaired) electrons. The number of nitrogens with one attached hydrogen (secondary N) is 1. The third-order valence-corrected chi connectivity index (χ3v) is 3.80. The highest BCUT2D eigenvalue weighted by molar-refractivity contribution is 5.91. The van der Waals surface area contributed by atoms with E-state index in [0.29, 0.717) is 28.0 Å². The van der Waals surface area contributed by atoms with Crippen molar-refractivity contribution in [3.63, 3.8) is 0 Å². The number of carbonyl (C=O) groups excluding carboxylic acids is 1. The molecule has 0 aliphatic rings. The van der Waals surface area contributed by atoms with E-state index in [9.17, 15) is 9.59 Å². The number of nitrogens with zero attached hydrogens (tertiary/aromatic N) is 4. The smallest absolute Gasteiger partial charge is 0.261 e. The van der Waals surface area contributed by atoms with Crippen LogP contribution in [-0.4, -0.2) is 25.7 Å². The highest BCUT2D eigenvalue weighted by atomic mass is 16.4. The van der Waals surface area contributed by atoms with E-state index in [-0.39, 0.29) is 18.0 Å². The van der Waals surface area contributed by atoms with E-state index in [4.69, 9.17) is 4.42 Å². The van der Waals surface area contributed by atoms with Gasteiger partial charge in [0.25, 0.3) is 5.56 Å². The highest BCUT2D eigenvalue weighted by Gasteiger charge is 2.10. The van der Waals surface area contributed by atoms with E-state index in [0.717, 1.165) is 0 Å². The number of hydrogen-bond donors (Lipinski definition) is 1. The normalized spacial score (nSPS) is 10.8. The number of fused-ring (bicyclic) bond motifs is 1. The summed E-state index contributed by atoms with van der Waals surface area (Å²) in [5.41, 5.74) is 1.59. The summed E-state index contributed by atoms with van der Waals surface area (Å²) in [7, 11) is 0. The number of anilines is 1. The second-order valence-electron chi connectivity index (χ2n) is 5.57. The molecule has 8 heteroatoms. The summed E-state index contributed by atoms with van der Waals surface area (Å²) in [6.45, 7) is -0.137. The Kier molecular flexibility index (Phi) is 3.98. The molecule has 0 bridgehead atoms. The molecule has 1 amide bonds. The van der Waals surface area contributed by atoms with Gasteiger partial charge in [-0.05, 0) is 30.3 Å². The van der Waals surface area contributed by atoms with Gasteiger partial charge in [0.05, 0.1) is 17.2 Å². The van der Waals surface area contributed by atoms with E-state index >= 15 is 0 Å². The molecule has 0 fully saturated rings. The molecule has 4 aromatic rings. The molecule has 2 heterocycles. The first-order valence-electron chi connectivity index (χ1n) is 7.81. The number of amides is 1. The first-order chi connectivity index (χ1) is 12.7. The first kappa shape index (κ1) is 15.7. The van der Waals surface area contributed by atoms with Gasteiger partial charge in [-0.15, -0.1) is 10.2 Å². The maximum atomic E-state index is 12.4. The van der Waals surface area contributed by atoms with Crippen LogP contribution in [0.25, 0.3) is 22.4 Å². The van der Waals surface area contributed by atoms with Gasteiger partial charge in [0.15, 0.2) is 0 Å². The highest BCUT2D eigenvalue weighted by Crippen LogP contribution is 2.20. The minimum Gasteiger partial charge on any atom is -0.423 e. The van der Waals surface area contributed by atoms with Gasteiger partial charge in [0, 0.05) is 11.3 Å². The first-order valence-corrected chi connectivity index (χ1v) is 7.81. The van der Waals surface area contributed by atoms with Crippen molar-refractivity contribution in [1.82, 2.24) is 19.7 Å². The maximum absolute atomic E-state index is 12.4. The minimum absolute atomic E-state index is 0.137. The SMILES string of the molecule is O=C(Cn1cnc2ccccc2c1=O)Nc1cccc(-c2nnco2)c1. The molecular formula is C18H13N5O3. The van der Waals surface area contributed by atoms with Crippen LogP contribution in [0.3, 0.4) is 0 Å². The monoisotopic (exact) mass is 347 g/mol. The lowest BCUT2D eigenvalue weighted by Gasteiger charge is -2.08. The van der Waals surface area contributed by atoms with Crippen molar-refractivity contribution in [2.75, 3.05) is 5.32 Å².